The highest BCUT2D eigenvalue weighted by molar-refractivity contribution is 6.02. The molecule has 0 aliphatic heterocycles. The van der Waals surface area contributed by atoms with Gasteiger partial charge in [0, 0.05) is 6.07 Å². The highest BCUT2D eigenvalue weighted by Crippen LogP contribution is 2.21. The fraction of sp³-hybridized carbons (Fsp3) is 0.111. The molecule has 78 valence electrons. The summed E-state index contributed by atoms with van der Waals surface area (Å²) < 4.78 is 30.5. The molecular formula is C9H6F2N2O2. The molecular weight excluding hydrogens is 206 g/mol. The molecule has 0 bridgehead atoms. The molecule has 0 aliphatic carbocycles. The van der Waals surface area contributed by atoms with Crippen LogP contribution < -0.4 is 0 Å². The van der Waals surface area contributed by atoms with Gasteiger partial charge in [-0.2, -0.15) is 5.10 Å². The number of hydrogen-bond acceptors (Lipinski definition) is 3. The van der Waals surface area contributed by atoms with Crippen molar-refractivity contribution in [2.45, 2.75) is 0 Å². The summed E-state index contributed by atoms with van der Waals surface area (Å²) in [5.41, 5.74) is -0.0714. The minimum absolute atomic E-state index is 0.0664. The SMILES string of the molecule is COC(=O)c1n[nH]c2cc(F)cc(F)c12. The predicted octanol–water partition coefficient (Wildman–Crippen LogP) is 1.63. The van der Waals surface area contributed by atoms with Gasteiger partial charge in [-0.25, -0.2) is 13.6 Å². The van der Waals surface area contributed by atoms with Crippen LogP contribution in [0.4, 0.5) is 8.78 Å². The number of esters is 1. The van der Waals surface area contributed by atoms with Crippen LogP contribution in [0, 0.1) is 11.6 Å². The predicted molar refractivity (Wildman–Crippen MR) is 47.3 cm³/mol. The Bertz CT molecular complexity index is 536. The van der Waals surface area contributed by atoms with Crippen molar-refractivity contribution < 1.29 is 18.3 Å². The van der Waals surface area contributed by atoms with Crippen molar-refractivity contribution in [2.75, 3.05) is 7.11 Å². The molecule has 0 atom stereocenters. The monoisotopic (exact) mass is 212 g/mol. The summed E-state index contributed by atoms with van der Waals surface area (Å²) in [5.74, 6) is -2.36. The quantitative estimate of drug-likeness (QED) is 0.731. The topological polar surface area (TPSA) is 55.0 Å². The number of nitrogens with one attached hydrogen (secondary N) is 1. The van der Waals surface area contributed by atoms with E-state index in [2.05, 4.69) is 14.9 Å². The highest BCUT2D eigenvalue weighted by atomic mass is 19.1. The number of aromatic nitrogens is 2. The standard InChI is InChI=1S/C9H6F2N2O2/c1-15-9(14)8-7-5(11)2-4(10)3-6(7)12-13-8/h2-3H,1H3,(H,12,13). The normalized spacial score (nSPS) is 10.6. The molecule has 15 heavy (non-hydrogen) atoms. The number of fused-ring (bicyclic) bond motifs is 1. The highest BCUT2D eigenvalue weighted by Gasteiger charge is 2.18. The zero-order chi connectivity index (χ0) is 11.0. The number of benzene rings is 1. The fourth-order valence-electron chi connectivity index (χ4n) is 1.32. The molecule has 2 aromatic rings. The van der Waals surface area contributed by atoms with E-state index in [1.165, 1.54) is 0 Å². The fourth-order valence-corrected chi connectivity index (χ4v) is 1.32. The van der Waals surface area contributed by atoms with E-state index < -0.39 is 17.6 Å². The number of hydrogen-bond donors (Lipinski definition) is 1. The third-order valence-corrected chi connectivity index (χ3v) is 1.96. The van der Waals surface area contributed by atoms with Gasteiger partial charge in [0.05, 0.1) is 18.0 Å². The van der Waals surface area contributed by atoms with Crippen molar-refractivity contribution >= 4 is 16.9 Å². The maximum absolute atomic E-state index is 13.3. The van der Waals surface area contributed by atoms with Crippen LogP contribution in [0.3, 0.4) is 0 Å². The molecule has 0 saturated carbocycles. The lowest BCUT2D eigenvalue weighted by Crippen LogP contribution is -2.02. The number of H-pyrrole nitrogens is 1. The van der Waals surface area contributed by atoms with Gasteiger partial charge in [0.1, 0.15) is 11.6 Å². The number of ether oxygens (including phenoxy) is 1. The zero-order valence-corrected chi connectivity index (χ0v) is 7.67. The van der Waals surface area contributed by atoms with Gasteiger partial charge in [-0.1, -0.05) is 0 Å². The van der Waals surface area contributed by atoms with Crippen LogP contribution in [-0.4, -0.2) is 23.3 Å². The Balaban J connectivity index is 2.74. The number of aromatic amines is 1. The maximum Gasteiger partial charge on any atom is 0.359 e. The van der Waals surface area contributed by atoms with Gasteiger partial charge in [0.2, 0.25) is 0 Å². The Labute approximate surface area is 82.8 Å². The van der Waals surface area contributed by atoms with E-state index in [0.29, 0.717) is 6.07 Å². The summed E-state index contributed by atoms with van der Waals surface area (Å²) in [5, 5.41) is 5.85. The summed E-state index contributed by atoms with van der Waals surface area (Å²) in [6, 6.07) is 1.74. The second-order valence-electron chi connectivity index (χ2n) is 2.87. The van der Waals surface area contributed by atoms with E-state index in [9.17, 15) is 13.6 Å². The number of methoxy groups -OCH3 is 1. The van der Waals surface area contributed by atoms with E-state index in [0.717, 1.165) is 13.2 Å². The summed E-state index contributed by atoms with van der Waals surface area (Å²) in [6.07, 6.45) is 0. The molecule has 0 radical (unpaired) electrons. The van der Waals surface area contributed by atoms with Gasteiger partial charge in [0.15, 0.2) is 5.69 Å². The second-order valence-corrected chi connectivity index (χ2v) is 2.87. The van der Waals surface area contributed by atoms with Gasteiger partial charge in [-0.15, -0.1) is 0 Å². The molecule has 6 heteroatoms. The average Bonchev–Trinajstić information content (AvgIpc) is 2.60. The third-order valence-electron chi connectivity index (χ3n) is 1.96. The molecule has 0 fully saturated rings. The molecule has 4 nitrogen and oxygen atoms in total. The largest absolute Gasteiger partial charge is 0.464 e. The number of carbonyl (C=O) groups is 1. The molecule has 0 saturated heterocycles. The van der Waals surface area contributed by atoms with Gasteiger partial charge in [-0.3, -0.25) is 5.10 Å². The van der Waals surface area contributed by atoms with Crippen molar-refractivity contribution in [1.82, 2.24) is 10.2 Å². The van der Waals surface area contributed by atoms with E-state index >= 15 is 0 Å². The Kier molecular flexibility index (Phi) is 2.11. The molecule has 0 unspecified atom stereocenters. The first kappa shape index (κ1) is 9.57. The van der Waals surface area contributed by atoms with Crippen LogP contribution in [0.1, 0.15) is 10.5 Å². The minimum Gasteiger partial charge on any atom is -0.464 e. The van der Waals surface area contributed by atoms with Crippen molar-refractivity contribution in [3.8, 4) is 0 Å². The first-order valence-electron chi connectivity index (χ1n) is 4.05. The van der Waals surface area contributed by atoms with E-state index in [-0.39, 0.29) is 16.6 Å². The smallest absolute Gasteiger partial charge is 0.359 e. The number of nitrogens with zero attached hydrogens (tertiary/aromatic N) is 1. The van der Waals surface area contributed by atoms with Gasteiger partial charge in [-0.05, 0) is 6.07 Å². The van der Waals surface area contributed by atoms with Crippen molar-refractivity contribution in [2.24, 2.45) is 0 Å². The first-order chi connectivity index (χ1) is 7.13. The van der Waals surface area contributed by atoms with Gasteiger partial charge in [0.25, 0.3) is 0 Å². The van der Waals surface area contributed by atoms with Crippen LogP contribution in [0.2, 0.25) is 0 Å². The number of halogens is 2. The van der Waals surface area contributed by atoms with Crippen LogP contribution in [0.15, 0.2) is 12.1 Å². The third kappa shape index (κ3) is 1.43. The molecule has 2 rings (SSSR count). The lowest BCUT2D eigenvalue weighted by atomic mass is 10.2. The van der Waals surface area contributed by atoms with Crippen molar-refractivity contribution in [3.05, 3.63) is 29.5 Å². The molecule has 1 aromatic carbocycles. The van der Waals surface area contributed by atoms with Crippen molar-refractivity contribution in [1.29, 1.82) is 0 Å². The van der Waals surface area contributed by atoms with Gasteiger partial charge >= 0.3 is 5.97 Å². The lowest BCUT2D eigenvalue weighted by Gasteiger charge is -1.96. The Morgan fingerprint density at radius 3 is 2.87 bits per heavy atom. The number of rotatable bonds is 1. The van der Waals surface area contributed by atoms with Crippen LogP contribution >= 0.6 is 0 Å². The molecule has 0 amide bonds. The summed E-state index contributed by atoms with van der Waals surface area (Å²) in [4.78, 5) is 11.2. The summed E-state index contributed by atoms with van der Waals surface area (Å²) in [7, 11) is 1.16. The Morgan fingerprint density at radius 2 is 2.20 bits per heavy atom. The van der Waals surface area contributed by atoms with Crippen LogP contribution in [0.5, 0.6) is 0 Å². The lowest BCUT2D eigenvalue weighted by molar-refractivity contribution is 0.0596. The summed E-state index contributed by atoms with van der Waals surface area (Å²) >= 11 is 0. The van der Waals surface area contributed by atoms with E-state index in [1.807, 2.05) is 0 Å². The van der Waals surface area contributed by atoms with Crippen molar-refractivity contribution in [3.63, 3.8) is 0 Å². The second kappa shape index (κ2) is 3.30. The molecule has 1 N–H and O–H groups in total. The zero-order valence-electron chi connectivity index (χ0n) is 7.67. The minimum atomic E-state index is -0.848. The molecule has 0 aliphatic rings. The Morgan fingerprint density at radius 1 is 1.47 bits per heavy atom. The number of carbonyl (C=O) groups excluding carboxylic acids is 1. The first-order valence-corrected chi connectivity index (χ1v) is 4.05. The molecule has 1 aromatic heterocycles. The Hall–Kier alpha value is -1.98. The maximum atomic E-state index is 13.3. The van der Waals surface area contributed by atoms with Gasteiger partial charge < -0.3 is 4.74 Å². The van der Waals surface area contributed by atoms with Crippen LogP contribution in [-0.2, 0) is 4.74 Å². The molecule has 0 spiro atoms. The van der Waals surface area contributed by atoms with E-state index in [1.54, 1.807) is 0 Å². The summed E-state index contributed by atoms with van der Waals surface area (Å²) in [6.45, 7) is 0. The van der Waals surface area contributed by atoms with Crippen LogP contribution in [0.25, 0.3) is 10.9 Å². The molecule has 1 heterocycles. The average molecular weight is 212 g/mol. The van der Waals surface area contributed by atoms with E-state index in [4.69, 9.17) is 0 Å².